The second-order valence-corrected chi connectivity index (χ2v) is 4.74. The third kappa shape index (κ3) is 2.31. The van der Waals surface area contributed by atoms with Gasteiger partial charge in [-0.2, -0.15) is 17.7 Å². The molecule has 0 spiro atoms. The zero-order valence-corrected chi connectivity index (χ0v) is 9.73. The predicted octanol–water partition coefficient (Wildman–Crippen LogP) is 2.40. The van der Waals surface area contributed by atoms with Crippen molar-refractivity contribution in [3.63, 3.8) is 0 Å². The number of aromatic nitrogens is 1. The van der Waals surface area contributed by atoms with Gasteiger partial charge in [-0.05, 0) is 6.07 Å². The van der Waals surface area contributed by atoms with Crippen LogP contribution in [0.3, 0.4) is 0 Å². The summed E-state index contributed by atoms with van der Waals surface area (Å²) >= 11 is 1.21. The van der Waals surface area contributed by atoms with Gasteiger partial charge in [0.15, 0.2) is 0 Å². The lowest BCUT2D eigenvalue weighted by molar-refractivity contribution is -0.647. The van der Waals surface area contributed by atoms with Crippen LogP contribution < -0.4 is 4.57 Å². The number of Topliss-reactive ketones (excluding diaryl/α,β-unsaturated/α-hetero) is 1. The van der Waals surface area contributed by atoms with E-state index in [9.17, 15) is 18.0 Å². The number of hydrogen-bond donors (Lipinski definition) is 0. The smallest absolute Gasteiger partial charge is 0.289 e. The molecule has 2 aromatic rings. The zero-order valence-electron chi connectivity index (χ0n) is 8.91. The van der Waals surface area contributed by atoms with Crippen LogP contribution in [0.4, 0.5) is 13.2 Å². The summed E-state index contributed by atoms with van der Waals surface area (Å²) in [5, 5.41) is 0.411. The van der Waals surface area contributed by atoms with Crippen molar-refractivity contribution in [2.45, 2.75) is 12.6 Å². The van der Waals surface area contributed by atoms with Crippen molar-refractivity contribution in [1.29, 1.82) is 0 Å². The first-order chi connectivity index (χ1) is 7.89. The van der Waals surface area contributed by atoms with Crippen LogP contribution in [-0.2, 0) is 18.3 Å². The molecule has 0 atom stereocenters. The summed E-state index contributed by atoms with van der Waals surface area (Å²) in [4.78, 5) is 10.9. The van der Waals surface area contributed by atoms with Crippen molar-refractivity contribution in [2.75, 3.05) is 0 Å². The van der Waals surface area contributed by atoms with Crippen molar-refractivity contribution in [3.8, 4) is 0 Å². The summed E-state index contributed by atoms with van der Waals surface area (Å²) in [5.74, 6) is -1.71. The molecule has 0 radical (unpaired) electrons. The molecule has 0 bridgehead atoms. The topological polar surface area (TPSA) is 20.9 Å². The summed E-state index contributed by atoms with van der Waals surface area (Å²) in [6.45, 7) is 0. The Labute approximate surface area is 99.3 Å². The van der Waals surface area contributed by atoms with Crippen LogP contribution in [0, 0.1) is 0 Å². The van der Waals surface area contributed by atoms with E-state index in [2.05, 4.69) is 0 Å². The van der Waals surface area contributed by atoms with E-state index in [1.807, 2.05) is 24.3 Å². The van der Waals surface area contributed by atoms with Crippen LogP contribution in [0.1, 0.15) is 5.01 Å². The van der Waals surface area contributed by atoms with Gasteiger partial charge < -0.3 is 0 Å². The molecular formula is C11H9F3NOS+. The van der Waals surface area contributed by atoms with E-state index in [1.165, 1.54) is 11.3 Å². The van der Waals surface area contributed by atoms with Gasteiger partial charge in [0.05, 0.1) is 0 Å². The van der Waals surface area contributed by atoms with Gasteiger partial charge in [0.1, 0.15) is 18.2 Å². The molecule has 0 fully saturated rings. The largest absolute Gasteiger partial charge is 0.450 e. The highest BCUT2D eigenvalue weighted by Gasteiger charge is 2.40. The quantitative estimate of drug-likeness (QED) is 0.759. The minimum atomic E-state index is -4.76. The van der Waals surface area contributed by atoms with Gasteiger partial charge in [0.25, 0.3) is 0 Å². The summed E-state index contributed by atoms with van der Waals surface area (Å²) in [6, 6.07) is 7.26. The van der Waals surface area contributed by atoms with Crippen LogP contribution in [0.15, 0.2) is 24.3 Å². The zero-order chi connectivity index (χ0) is 12.6. The van der Waals surface area contributed by atoms with Crippen LogP contribution in [-0.4, -0.2) is 12.0 Å². The predicted molar refractivity (Wildman–Crippen MR) is 57.8 cm³/mol. The molecule has 1 heterocycles. The molecule has 1 aromatic carbocycles. The number of nitrogens with zero attached hydrogens (tertiary/aromatic N) is 1. The van der Waals surface area contributed by atoms with Crippen LogP contribution >= 0.6 is 11.3 Å². The number of benzene rings is 1. The maximum Gasteiger partial charge on any atom is 0.450 e. The fraction of sp³-hybridized carbons (Fsp3) is 0.273. The number of rotatable bonds is 2. The second kappa shape index (κ2) is 4.10. The Hall–Kier alpha value is -1.43. The van der Waals surface area contributed by atoms with Gasteiger partial charge in [0.2, 0.25) is 16.3 Å². The Kier molecular flexibility index (Phi) is 2.91. The molecule has 17 heavy (non-hydrogen) atoms. The first-order valence-corrected chi connectivity index (χ1v) is 5.67. The number of carbonyl (C=O) groups is 1. The minimum Gasteiger partial charge on any atom is -0.289 e. The Morgan fingerprint density at radius 3 is 2.59 bits per heavy atom. The van der Waals surface area contributed by atoms with Gasteiger partial charge in [-0.3, -0.25) is 4.79 Å². The molecule has 0 amide bonds. The minimum absolute atomic E-state index is 0.411. The van der Waals surface area contributed by atoms with Crippen molar-refractivity contribution in [2.24, 2.45) is 7.05 Å². The molecule has 0 aliphatic heterocycles. The van der Waals surface area contributed by atoms with Gasteiger partial charge in [-0.25, -0.2) is 0 Å². The summed E-state index contributed by atoms with van der Waals surface area (Å²) in [6.07, 6.45) is -5.36. The van der Waals surface area contributed by atoms with Crippen molar-refractivity contribution >= 4 is 27.3 Å². The number of ketones is 1. The molecule has 0 saturated carbocycles. The lowest BCUT2D eigenvalue weighted by Gasteiger charge is -2.01. The highest BCUT2D eigenvalue weighted by molar-refractivity contribution is 7.18. The average Bonchev–Trinajstić information content (AvgIpc) is 2.55. The number of para-hydroxylation sites is 1. The van der Waals surface area contributed by atoms with E-state index in [-0.39, 0.29) is 0 Å². The van der Waals surface area contributed by atoms with Crippen molar-refractivity contribution < 1.29 is 22.5 Å². The lowest BCUT2D eigenvalue weighted by atomic mass is 10.3. The Morgan fingerprint density at radius 1 is 1.35 bits per heavy atom. The number of carbonyl (C=O) groups excluding carboxylic acids is 1. The van der Waals surface area contributed by atoms with Gasteiger partial charge >= 0.3 is 6.18 Å². The molecule has 2 nitrogen and oxygen atoms in total. The molecule has 2 rings (SSSR count). The number of thiazole rings is 1. The van der Waals surface area contributed by atoms with Crippen molar-refractivity contribution in [1.82, 2.24) is 0 Å². The standard InChI is InChI=1S/C11H9F3NOS/c1-15-7-4-2-3-5-8(7)17-10(15)6-9(16)11(12,13)14/h2-5H,6H2,1H3/q+1. The average molecular weight is 260 g/mol. The molecule has 0 saturated heterocycles. The summed E-state index contributed by atoms with van der Waals surface area (Å²) in [5.41, 5.74) is 0.836. The molecular weight excluding hydrogens is 251 g/mol. The van der Waals surface area contributed by atoms with Crippen LogP contribution in [0.5, 0.6) is 0 Å². The summed E-state index contributed by atoms with van der Waals surface area (Å²) < 4.78 is 39.0. The third-order valence-electron chi connectivity index (χ3n) is 2.46. The van der Waals surface area contributed by atoms with Gasteiger partial charge in [0, 0.05) is 6.07 Å². The van der Waals surface area contributed by atoms with E-state index >= 15 is 0 Å². The first-order valence-electron chi connectivity index (χ1n) is 4.86. The molecule has 0 N–H and O–H groups in total. The van der Waals surface area contributed by atoms with Gasteiger partial charge in [-0.1, -0.05) is 23.5 Å². The van der Waals surface area contributed by atoms with Gasteiger partial charge in [-0.15, -0.1) is 0 Å². The Bertz CT molecular complexity index is 574. The molecule has 0 aliphatic rings. The lowest BCUT2D eigenvalue weighted by Crippen LogP contribution is -2.35. The maximum absolute atomic E-state index is 12.2. The monoisotopic (exact) mass is 260 g/mol. The Morgan fingerprint density at radius 2 is 2.00 bits per heavy atom. The third-order valence-corrected chi connectivity index (χ3v) is 3.68. The number of fused-ring (bicyclic) bond motifs is 1. The molecule has 0 unspecified atom stereocenters. The van der Waals surface area contributed by atoms with E-state index in [0.29, 0.717) is 5.01 Å². The molecule has 90 valence electrons. The highest BCUT2D eigenvalue weighted by atomic mass is 32.1. The van der Waals surface area contributed by atoms with E-state index in [1.54, 1.807) is 11.6 Å². The van der Waals surface area contributed by atoms with Crippen LogP contribution in [0.25, 0.3) is 10.2 Å². The van der Waals surface area contributed by atoms with E-state index in [4.69, 9.17) is 0 Å². The molecule has 1 aromatic heterocycles. The number of halogens is 3. The Balaban J connectivity index is 2.37. The molecule has 0 aliphatic carbocycles. The van der Waals surface area contributed by atoms with E-state index in [0.717, 1.165) is 10.2 Å². The fourth-order valence-electron chi connectivity index (χ4n) is 1.54. The fourth-order valence-corrected chi connectivity index (χ4v) is 2.69. The number of aryl methyl sites for hydroxylation is 1. The summed E-state index contributed by atoms with van der Waals surface area (Å²) in [7, 11) is 1.66. The highest BCUT2D eigenvalue weighted by Crippen LogP contribution is 2.23. The number of alkyl halides is 3. The normalized spacial score (nSPS) is 12.0. The maximum atomic E-state index is 12.2. The number of hydrogen-bond acceptors (Lipinski definition) is 2. The van der Waals surface area contributed by atoms with Crippen LogP contribution in [0.2, 0.25) is 0 Å². The molecule has 6 heteroatoms. The SMILES string of the molecule is C[n+]1c(CC(=O)C(F)(F)F)sc2ccccc21. The first kappa shape index (κ1) is 12.0. The second-order valence-electron chi connectivity index (χ2n) is 3.62. The van der Waals surface area contributed by atoms with E-state index < -0.39 is 18.4 Å². The van der Waals surface area contributed by atoms with Crippen molar-refractivity contribution in [3.05, 3.63) is 29.3 Å².